The summed E-state index contributed by atoms with van der Waals surface area (Å²) in [5, 5.41) is 12.5. The van der Waals surface area contributed by atoms with Crippen LogP contribution in [0.25, 0.3) is 0 Å². The third-order valence-corrected chi connectivity index (χ3v) is 3.50. The van der Waals surface area contributed by atoms with E-state index in [4.69, 9.17) is 14.2 Å². The number of methoxy groups -OCH3 is 3. The van der Waals surface area contributed by atoms with Crippen LogP contribution < -0.4 is 19.5 Å². The van der Waals surface area contributed by atoms with E-state index in [2.05, 4.69) is 11.4 Å². The molecule has 0 heterocycles. The highest BCUT2D eigenvalue weighted by Crippen LogP contribution is 2.40. The number of para-hydroxylation sites is 1. The van der Waals surface area contributed by atoms with E-state index in [1.165, 1.54) is 0 Å². The van der Waals surface area contributed by atoms with Crippen LogP contribution in [-0.4, -0.2) is 21.3 Å². The molecule has 5 nitrogen and oxygen atoms in total. The van der Waals surface area contributed by atoms with Crippen LogP contribution in [0.4, 0.5) is 5.69 Å². The minimum Gasteiger partial charge on any atom is -0.493 e. The Hall–Kier alpha value is -3.13. The molecule has 0 aliphatic rings. The zero-order valence-electron chi connectivity index (χ0n) is 14.0. The second-order valence-corrected chi connectivity index (χ2v) is 4.96. The Labute approximate surface area is 142 Å². The number of nitrogens with zero attached hydrogens (tertiary/aromatic N) is 1. The molecule has 124 valence electrons. The molecule has 2 rings (SSSR count). The van der Waals surface area contributed by atoms with Crippen molar-refractivity contribution in [2.45, 2.75) is 6.42 Å². The summed E-state index contributed by atoms with van der Waals surface area (Å²) in [6.45, 7) is 0. The molecule has 0 fully saturated rings. The highest BCUT2D eigenvalue weighted by molar-refractivity contribution is 5.57. The summed E-state index contributed by atoms with van der Waals surface area (Å²) in [7, 11) is 4.70. The Morgan fingerprint density at radius 1 is 1.00 bits per heavy atom. The normalized spacial score (nSPS) is 10.7. The molecule has 0 radical (unpaired) electrons. The number of ether oxygens (including phenoxy) is 3. The minimum atomic E-state index is 0.417. The number of rotatable bonds is 7. The van der Waals surface area contributed by atoms with Gasteiger partial charge in [-0.25, -0.2) is 0 Å². The average Bonchev–Trinajstić information content (AvgIpc) is 2.65. The Morgan fingerprint density at radius 2 is 1.71 bits per heavy atom. The Bertz CT molecular complexity index is 749. The number of allylic oxidation sites excluding steroid dienone is 1. The molecule has 0 aliphatic carbocycles. The van der Waals surface area contributed by atoms with Gasteiger partial charge in [-0.1, -0.05) is 24.3 Å². The summed E-state index contributed by atoms with van der Waals surface area (Å²) in [6.07, 6.45) is 2.12. The molecule has 0 spiro atoms. The molecule has 5 heteroatoms. The Kier molecular flexibility index (Phi) is 6.09. The van der Waals surface area contributed by atoms with Gasteiger partial charge in [-0.15, -0.1) is 0 Å². The first-order valence-electron chi connectivity index (χ1n) is 7.42. The van der Waals surface area contributed by atoms with Crippen molar-refractivity contribution in [3.8, 4) is 23.3 Å². The fraction of sp³-hybridized carbons (Fsp3) is 0.211. The quantitative estimate of drug-likeness (QED) is 0.785. The zero-order valence-corrected chi connectivity index (χ0v) is 14.0. The number of anilines is 1. The lowest BCUT2D eigenvalue weighted by atomic mass is 10.0. The van der Waals surface area contributed by atoms with Crippen LogP contribution in [-0.2, 0) is 6.42 Å². The third kappa shape index (κ3) is 3.99. The molecular formula is C19H20N2O3. The van der Waals surface area contributed by atoms with E-state index in [1.54, 1.807) is 33.6 Å². The van der Waals surface area contributed by atoms with Crippen LogP contribution in [0, 0.1) is 11.3 Å². The summed E-state index contributed by atoms with van der Waals surface area (Å²) < 4.78 is 16.1. The maximum atomic E-state index is 9.40. The van der Waals surface area contributed by atoms with Crippen molar-refractivity contribution in [2.75, 3.05) is 26.6 Å². The van der Waals surface area contributed by atoms with Crippen molar-refractivity contribution in [1.82, 2.24) is 0 Å². The minimum absolute atomic E-state index is 0.417. The van der Waals surface area contributed by atoms with Gasteiger partial charge in [0.05, 0.1) is 27.4 Å². The SMILES string of the molecule is COc1ccc(C/C(C#N)=C\Nc2ccccc2)c(OC)c1OC. The topological polar surface area (TPSA) is 63.5 Å². The van der Waals surface area contributed by atoms with Crippen LogP contribution >= 0.6 is 0 Å². The lowest BCUT2D eigenvalue weighted by molar-refractivity contribution is 0.322. The molecule has 0 saturated carbocycles. The highest BCUT2D eigenvalue weighted by Gasteiger charge is 2.16. The molecule has 0 atom stereocenters. The van der Waals surface area contributed by atoms with Crippen LogP contribution in [0.3, 0.4) is 0 Å². The smallest absolute Gasteiger partial charge is 0.203 e. The van der Waals surface area contributed by atoms with Crippen molar-refractivity contribution in [2.24, 2.45) is 0 Å². The van der Waals surface area contributed by atoms with Gasteiger partial charge in [0, 0.05) is 29.4 Å². The Morgan fingerprint density at radius 3 is 2.29 bits per heavy atom. The van der Waals surface area contributed by atoms with Gasteiger partial charge in [-0.3, -0.25) is 0 Å². The summed E-state index contributed by atoms with van der Waals surface area (Å²) in [5.41, 5.74) is 2.34. The van der Waals surface area contributed by atoms with Gasteiger partial charge >= 0.3 is 0 Å². The van der Waals surface area contributed by atoms with E-state index in [0.717, 1.165) is 11.3 Å². The summed E-state index contributed by atoms with van der Waals surface area (Å²) >= 11 is 0. The fourth-order valence-corrected chi connectivity index (χ4v) is 2.34. The first-order chi connectivity index (χ1) is 11.7. The maximum Gasteiger partial charge on any atom is 0.203 e. The molecule has 0 aromatic heterocycles. The first-order valence-corrected chi connectivity index (χ1v) is 7.42. The van der Waals surface area contributed by atoms with E-state index in [-0.39, 0.29) is 0 Å². The summed E-state index contributed by atoms with van der Waals surface area (Å²) in [4.78, 5) is 0. The van der Waals surface area contributed by atoms with Crippen LogP contribution in [0.5, 0.6) is 17.2 Å². The van der Waals surface area contributed by atoms with Gasteiger partial charge in [0.1, 0.15) is 0 Å². The van der Waals surface area contributed by atoms with Crippen LogP contribution in [0.2, 0.25) is 0 Å². The van der Waals surface area contributed by atoms with Crippen molar-refractivity contribution in [3.63, 3.8) is 0 Å². The molecule has 2 aromatic carbocycles. The lowest BCUT2D eigenvalue weighted by Crippen LogP contribution is -2.01. The summed E-state index contributed by atoms with van der Waals surface area (Å²) in [6, 6.07) is 15.5. The highest BCUT2D eigenvalue weighted by atomic mass is 16.5. The maximum absolute atomic E-state index is 9.40. The lowest BCUT2D eigenvalue weighted by Gasteiger charge is -2.15. The van der Waals surface area contributed by atoms with Gasteiger partial charge in [-0.2, -0.15) is 5.26 Å². The molecule has 0 aliphatic heterocycles. The third-order valence-electron chi connectivity index (χ3n) is 3.50. The standard InChI is InChI=1S/C19H20N2O3/c1-22-17-10-9-15(18(23-2)19(17)24-3)11-14(12-20)13-21-16-7-5-4-6-8-16/h4-10,13,21H,11H2,1-3H3/b14-13+. The average molecular weight is 324 g/mol. The zero-order chi connectivity index (χ0) is 17.4. The Balaban J connectivity index is 2.26. The predicted octanol–water partition coefficient (Wildman–Crippen LogP) is 3.77. The van der Waals surface area contributed by atoms with Crippen molar-refractivity contribution < 1.29 is 14.2 Å². The van der Waals surface area contributed by atoms with E-state index < -0.39 is 0 Å². The number of nitriles is 1. The van der Waals surface area contributed by atoms with E-state index in [9.17, 15) is 5.26 Å². The van der Waals surface area contributed by atoms with Gasteiger partial charge in [-0.05, 0) is 18.2 Å². The molecule has 0 saturated heterocycles. The van der Waals surface area contributed by atoms with Crippen molar-refractivity contribution in [1.29, 1.82) is 5.26 Å². The van der Waals surface area contributed by atoms with Gasteiger partial charge in [0.25, 0.3) is 0 Å². The van der Waals surface area contributed by atoms with E-state index in [0.29, 0.717) is 29.2 Å². The van der Waals surface area contributed by atoms with Crippen molar-refractivity contribution in [3.05, 3.63) is 59.8 Å². The molecule has 1 N–H and O–H groups in total. The van der Waals surface area contributed by atoms with Gasteiger partial charge in [0.15, 0.2) is 11.5 Å². The molecular weight excluding hydrogens is 304 g/mol. The number of nitrogens with one attached hydrogen (secondary N) is 1. The molecule has 2 aromatic rings. The summed E-state index contributed by atoms with van der Waals surface area (Å²) in [5.74, 6) is 1.67. The van der Waals surface area contributed by atoms with Crippen LogP contribution in [0.15, 0.2) is 54.2 Å². The van der Waals surface area contributed by atoms with E-state index >= 15 is 0 Å². The second kappa shape index (κ2) is 8.49. The van der Waals surface area contributed by atoms with Gasteiger partial charge < -0.3 is 19.5 Å². The predicted molar refractivity (Wildman–Crippen MR) is 93.6 cm³/mol. The second-order valence-electron chi connectivity index (χ2n) is 4.96. The monoisotopic (exact) mass is 324 g/mol. The van der Waals surface area contributed by atoms with Crippen molar-refractivity contribution >= 4 is 5.69 Å². The van der Waals surface area contributed by atoms with E-state index in [1.807, 2.05) is 36.4 Å². The molecule has 0 unspecified atom stereocenters. The molecule has 0 amide bonds. The number of hydrogen-bond donors (Lipinski definition) is 1. The van der Waals surface area contributed by atoms with Gasteiger partial charge in [0.2, 0.25) is 5.75 Å². The largest absolute Gasteiger partial charge is 0.493 e. The molecule has 24 heavy (non-hydrogen) atoms. The first kappa shape index (κ1) is 17.2. The number of hydrogen-bond acceptors (Lipinski definition) is 5. The molecule has 0 bridgehead atoms. The fourth-order valence-electron chi connectivity index (χ4n) is 2.34. The number of benzene rings is 2. The van der Waals surface area contributed by atoms with Crippen LogP contribution in [0.1, 0.15) is 5.56 Å².